The van der Waals surface area contributed by atoms with Gasteiger partial charge in [0.1, 0.15) is 21.9 Å². The summed E-state index contributed by atoms with van der Waals surface area (Å²) < 4.78 is 27.9. The second kappa shape index (κ2) is 4.71. The maximum atomic E-state index is 12.7. The van der Waals surface area contributed by atoms with Gasteiger partial charge in [0.25, 0.3) is 10.0 Å². The zero-order valence-corrected chi connectivity index (χ0v) is 12.7. The molecule has 8 nitrogen and oxygen atoms in total. The van der Waals surface area contributed by atoms with E-state index in [1.54, 1.807) is 7.05 Å². The van der Waals surface area contributed by atoms with E-state index in [0.717, 1.165) is 4.31 Å². The van der Waals surface area contributed by atoms with Crippen molar-refractivity contribution < 1.29 is 8.42 Å². The van der Waals surface area contributed by atoms with E-state index in [9.17, 15) is 8.42 Å². The molecule has 3 rings (SSSR count). The highest BCUT2D eigenvalue weighted by molar-refractivity contribution is 7.93. The highest BCUT2D eigenvalue weighted by Gasteiger charge is 2.28. The van der Waals surface area contributed by atoms with Crippen molar-refractivity contribution >= 4 is 38.5 Å². The van der Waals surface area contributed by atoms with Crippen molar-refractivity contribution in [1.29, 1.82) is 0 Å². The van der Waals surface area contributed by atoms with Crippen molar-refractivity contribution in [2.45, 2.75) is 4.90 Å². The van der Waals surface area contributed by atoms with Crippen LogP contribution in [0.25, 0.3) is 11.0 Å². The lowest BCUT2D eigenvalue weighted by molar-refractivity contribution is 0.594. The van der Waals surface area contributed by atoms with Gasteiger partial charge in [0.2, 0.25) is 0 Å². The number of nitrogens with one attached hydrogen (secondary N) is 1. The molecule has 0 aliphatic rings. The molecule has 110 valence electrons. The fraction of sp³-hybridized carbons (Fsp3) is 0.182. The van der Waals surface area contributed by atoms with Crippen LogP contribution in [0.1, 0.15) is 0 Å². The fourth-order valence-corrected chi connectivity index (χ4v) is 3.62. The van der Waals surface area contributed by atoms with Crippen LogP contribution in [0.2, 0.25) is 5.02 Å². The van der Waals surface area contributed by atoms with Crippen LogP contribution < -0.4 is 4.31 Å². The number of hydrogen-bond donors (Lipinski definition) is 1. The maximum absolute atomic E-state index is 12.7. The number of H-pyrrole nitrogens is 1. The average molecular weight is 327 g/mol. The van der Waals surface area contributed by atoms with Crippen molar-refractivity contribution in [2.75, 3.05) is 11.4 Å². The molecule has 3 aromatic heterocycles. The number of nitrogens with zero attached hydrogens (tertiary/aromatic N) is 5. The largest absolute Gasteiger partial charge is 0.345 e. The summed E-state index contributed by atoms with van der Waals surface area (Å²) in [6.45, 7) is 0. The molecule has 0 saturated heterocycles. The highest BCUT2D eigenvalue weighted by Crippen LogP contribution is 2.29. The number of aromatic amines is 1. The fourth-order valence-electron chi connectivity index (χ4n) is 1.97. The van der Waals surface area contributed by atoms with Crippen LogP contribution in [-0.2, 0) is 17.1 Å². The molecule has 0 unspecified atom stereocenters. The number of hydrogen-bond acceptors (Lipinski definition) is 5. The third-order valence-electron chi connectivity index (χ3n) is 3.02. The van der Waals surface area contributed by atoms with Gasteiger partial charge in [0.05, 0.1) is 5.39 Å². The first-order chi connectivity index (χ1) is 9.91. The molecule has 0 aliphatic carbocycles. The number of halogens is 1. The smallest absolute Gasteiger partial charge is 0.267 e. The molecule has 1 N–H and O–H groups in total. The van der Waals surface area contributed by atoms with E-state index >= 15 is 0 Å². The van der Waals surface area contributed by atoms with Crippen LogP contribution >= 0.6 is 11.6 Å². The predicted octanol–water partition coefficient (Wildman–Crippen LogP) is 1.17. The molecule has 0 atom stereocenters. The molecule has 0 aromatic carbocycles. The summed E-state index contributed by atoms with van der Waals surface area (Å²) in [5.74, 6) is 0.158. The lowest BCUT2D eigenvalue weighted by Crippen LogP contribution is -2.27. The average Bonchev–Trinajstić information content (AvgIpc) is 3.01. The lowest BCUT2D eigenvalue weighted by atomic mass is 10.4. The SMILES string of the molecule is CN(c1nn(C)cc1Cl)S(=O)(=O)c1c[nH]c2ncncc12. The molecule has 3 aromatic rings. The van der Waals surface area contributed by atoms with E-state index in [1.807, 2.05) is 0 Å². The Hall–Kier alpha value is -2.13. The summed E-state index contributed by atoms with van der Waals surface area (Å²) in [6.07, 6.45) is 5.69. The third kappa shape index (κ3) is 2.14. The van der Waals surface area contributed by atoms with Crippen LogP contribution in [-0.4, -0.2) is 40.2 Å². The van der Waals surface area contributed by atoms with Crippen LogP contribution in [0.4, 0.5) is 5.82 Å². The van der Waals surface area contributed by atoms with E-state index in [2.05, 4.69) is 20.1 Å². The molecule has 0 spiro atoms. The first-order valence-corrected chi connectivity index (χ1v) is 7.68. The number of anilines is 1. The third-order valence-corrected chi connectivity index (χ3v) is 5.07. The van der Waals surface area contributed by atoms with E-state index < -0.39 is 10.0 Å². The Kier molecular flexibility index (Phi) is 3.10. The molecular formula is C11H11ClN6O2S. The van der Waals surface area contributed by atoms with Crippen molar-refractivity contribution in [3.05, 3.63) is 29.9 Å². The minimum Gasteiger partial charge on any atom is -0.345 e. The molecule has 0 aliphatic heterocycles. The molecule has 3 heterocycles. The van der Waals surface area contributed by atoms with Gasteiger partial charge in [-0.15, -0.1) is 0 Å². The predicted molar refractivity (Wildman–Crippen MR) is 77.7 cm³/mol. The Labute approximate surface area is 125 Å². The standard InChI is InChI=1S/C11H11ClN6O2S/c1-17-5-8(12)11(16-17)18(2)21(19,20)9-4-14-10-7(9)3-13-6-15-10/h3-6H,1-2H3,(H,13,14,15). The number of fused-ring (bicyclic) bond motifs is 1. The maximum Gasteiger partial charge on any atom is 0.267 e. The molecule has 21 heavy (non-hydrogen) atoms. The van der Waals surface area contributed by atoms with Crippen molar-refractivity contribution in [3.63, 3.8) is 0 Å². The molecule has 0 amide bonds. The van der Waals surface area contributed by atoms with Gasteiger partial charge in [-0.2, -0.15) is 5.10 Å². The summed E-state index contributed by atoms with van der Waals surface area (Å²) in [5.41, 5.74) is 0.448. The Morgan fingerprint density at radius 3 is 2.86 bits per heavy atom. The summed E-state index contributed by atoms with van der Waals surface area (Å²) in [5, 5.41) is 4.72. The van der Waals surface area contributed by atoms with E-state index in [-0.39, 0.29) is 15.7 Å². The monoisotopic (exact) mass is 326 g/mol. The van der Waals surface area contributed by atoms with Gasteiger partial charge < -0.3 is 4.98 Å². The second-order valence-corrected chi connectivity index (χ2v) is 6.73. The second-order valence-electron chi connectivity index (χ2n) is 4.38. The zero-order chi connectivity index (χ0) is 15.2. The van der Waals surface area contributed by atoms with Gasteiger partial charge >= 0.3 is 0 Å². The van der Waals surface area contributed by atoms with Crippen LogP contribution in [0.5, 0.6) is 0 Å². The molecular weight excluding hydrogens is 316 g/mol. The Balaban J connectivity index is 2.14. The summed E-state index contributed by atoms with van der Waals surface area (Å²) in [6, 6.07) is 0. The van der Waals surface area contributed by atoms with Crippen molar-refractivity contribution in [2.24, 2.45) is 7.05 Å². The number of rotatable bonds is 3. The van der Waals surface area contributed by atoms with Crippen molar-refractivity contribution in [1.82, 2.24) is 24.7 Å². The Morgan fingerprint density at radius 2 is 2.19 bits per heavy atom. The quantitative estimate of drug-likeness (QED) is 0.779. The Morgan fingerprint density at radius 1 is 1.43 bits per heavy atom. The summed E-state index contributed by atoms with van der Waals surface area (Å²) in [4.78, 5) is 10.7. The van der Waals surface area contributed by atoms with Gasteiger partial charge in [-0.1, -0.05) is 11.6 Å². The number of aryl methyl sites for hydroxylation is 1. The van der Waals surface area contributed by atoms with Crippen LogP contribution in [0.15, 0.2) is 29.8 Å². The zero-order valence-electron chi connectivity index (χ0n) is 11.1. The summed E-state index contributed by atoms with van der Waals surface area (Å²) >= 11 is 6.00. The van der Waals surface area contributed by atoms with E-state index in [4.69, 9.17) is 11.6 Å². The molecule has 0 radical (unpaired) electrons. The Bertz CT molecular complexity index is 916. The first-order valence-electron chi connectivity index (χ1n) is 5.86. The van der Waals surface area contributed by atoms with Gasteiger partial charge in [-0.3, -0.25) is 8.99 Å². The molecule has 0 bridgehead atoms. The normalized spacial score (nSPS) is 12.0. The minimum absolute atomic E-state index is 0.0716. The van der Waals surface area contributed by atoms with Crippen LogP contribution in [0.3, 0.4) is 0 Å². The van der Waals surface area contributed by atoms with Gasteiger partial charge in [0, 0.05) is 32.7 Å². The van der Waals surface area contributed by atoms with Crippen LogP contribution in [0, 0.1) is 0 Å². The molecule has 10 heteroatoms. The number of sulfonamides is 1. The minimum atomic E-state index is -3.82. The van der Waals surface area contributed by atoms with Gasteiger partial charge in [0.15, 0.2) is 5.82 Å². The van der Waals surface area contributed by atoms with E-state index in [1.165, 1.54) is 36.6 Å². The van der Waals surface area contributed by atoms with Gasteiger partial charge in [-0.25, -0.2) is 18.4 Å². The topological polar surface area (TPSA) is 96.8 Å². The van der Waals surface area contributed by atoms with Crippen molar-refractivity contribution in [3.8, 4) is 0 Å². The van der Waals surface area contributed by atoms with Gasteiger partial charge in [-0.05, 0) is 0 Å². The first kappa shape index (κ1) is 13.8. The van der Waals surface area contributed by atoms with E-state index in [0.29, 0.717) is 11.0 Å². The highest BCUT2D eigenvalue weighted by atomic mass is 35.5. The summed E-state index contributed by atoms with van der Waals surface area (Å²) in [7, 11) is -0.766. The molecule has 0 fully saturated rings. The molecule has 0 saturated carbocycles. The lowest BCUT2D eigenvalue weighted by Gasteiger charge is -2.16. The number of aromatic nitrogens is 5.